The van der Waals surface area contributed by atoms with Gasteiger partial charge in [0.1, 0.15) is 6.29 Å². The lowest BCUT2D eigenvalue weighted by atomic mass is 10.4. The molecule has 0 spiro atoms. The first-order valence-corrected chi connectivity index (χ1v) is 8.93. The number of hydrogen-bond acceptors (Lipinski definition) is 6. The standard InChI is InChI=1S/C13H30NO5P/c1-5-7-14(8-6-2)13-20(15,18-11-9-16-3)19-12-10-17-4/h5-13H2,1-4H3. The predicted molar refractivity (Wildman–Crippen MR) is 80.3 cm³/mol. The first-order chi connectivity index (χ1) is 9.61. The van der Waals surface area contributed by atoms with Crippen LogP contribution in [0.3, 0.4) is 0 Å². The predicted octanol–water partition coefficient (Wildman–Crippen LogP) is 2.59. The van der Waals surface area contributed by atoms with E-state index in [2.05, 4.69) is 18.7 Å². The number of rotatable bonds is 14. The molecule has 7 heteroatoms. The lowest BCUT2D eigenvalue weighted by molar-refractivity contribution is 0.102. The van der Waals surface area contributed by atoms with Crippen molar-refractivity contribution < 1.29 is 23.1 Å². The van der Waals surface area contributed by atoms with Gasteiger partial charge in [-0.2, -0.15) is 0 Å². The molecule has 0 atom stereocenters. The maximum absolute atomic E-state index is 12.7. The second-order valence-electron chi connectivity index (χ2n) is 4.52. The van der Waals surface area contributed by atoms with Gasteiger partial charge in [0.25, 0.3) is 0 Å². The van der Waals surface area contributed by atoms with E-state index < -0.39 is 7.60 Å². The molecule has 0 bridgehead atoms. The van der Waals surface area contributed by atoms with Gasteiger partial charge in [0.15, 0.2) is 0 Å². The van der Waals surface area contributed by atoms with E-state index in [1.807, 2.05) is 0 Å². The molecule has 0 aromatic carbocycles. The fourth-order valence-electron chi connectivity index (χ4n) is 1.77. The van der Waals surface area contributed by atoms with Gasteiger partial charge in [0.05, 0.1) is 26.4 Å². The van der Waals surface area contributed by atoms with Gasteiger partial charge in [-0.05, 0) is 25.9 Å². The summed E-state index contributed by atoms with van der Waals surface area (Å²) in [4.78, 5) is 2.13. The summed E-state index contributed by atoms with van der Waals surface area (Å²) in [5, 5.41) is 0. The van der Waals surface area contributed by atoms with Gasteiger partial charge in [0, 0.05) is 14.2 Å². The molecule has 122 valence electrons. The Kier molecular flexibility index (Phi) is 12.8. The van der Waals surface area contributed by atoms with Gasteiger partial charge in [-0.1, -0.05) is 13.8 Å². The van der Waals surface area contributed by atoms with Crippen molar-refractivity contribution in [3.8, 4) is 0 Å². The van der Waals surface area contributed by atoms with Crippen LogP contribution in [-0.4, -0.2) is 64.9 Å². The normalized spacial score (nSPS) is 12.2. The van der Waals surface area contributed by atoms with Crippen LogP contribution in [0, 0.1) is 0 Å². The third kappa shape index (κ3) is 9.86. The summed E-state index contributed by atoms with van der Waals surface area (Å²) in [6.45, 7) is 7.33. The van der Waals surface area contributed by atoms with Crippen molar-refractivity contribution in [1.82, 2.24) is 4.90 Å². The summed E-state index contributed by atoms with van der Waals surface area (Å²) in [7, 11) is 0.0394. The largest absolute Gasteiger partial charge is 0.382 e. The van der Waals surface area contributed by atoms with Crippen molar-refractivity contribution in [2.24, 2.45) is 0 Å². The summed E-state index contributed by atoms with van der Waals surface area (Å²) in [6.07, 6.45) is 2.34. The molecule has 0 N–H and O–H groups in total. The number of ether oxygens (including phenoxy) is 2. The molecule has 0 aliphatic heterocycles. The Labute approximate surface area is 123 Å². The Morgan fingerprint density at radius 2 is 1.30 bits per heavy atom. The average molecular weight is 311 g/mol. The van der Waals surface area contributed by atoms with Crippen LogP contribution in [0.4, 0.5) is 0 Å². The Morgan fingerprint density at radius 1 is 0.850 bits per heavy atom. The highest BCUT2D eigenvalue weighted by Crippen LogP contribution is 2.48. The molecule has 0 aromatic heterocycles. The van der Waals surface area contributed by atoms with Crippen molar-refractivity contribution in [3.63, 3.8) is 0 Å². The second kappa shape index (κ2) is 12.7. The van der Waals surface area contributed by atoms with Gasteiger partial charge in [-0.3, -0.25) is 9.46 Å². The Bertz CT molecular complexity index is 245. The highest BCUT2D eigenvalue weighted by molar-refractivity contribution is 7.53. The second-order valence-corrected chi connectivity index (χ2v) is 6.54. The van der Waals surface area contributed by atoms with Crippen LogP contribution in [-0.2, 0) is 23.1 Å². The lowest BCUT2D eigenvalue weighted by Crippen LogP contribution is -2.28. The maximum Gasteiger partial charge on any atom is 0.344 e. The fourth-order valence-corrected chi connectivity index (χ4v) is 3.48. The van der Waals surface area contributed by atoms with Gasteiger partial charge in [-0.25, -0.2) is 0 Å². The highest BCUT2D eigenvalue weighted by Gasteiger charge is 2.27. The molecule has 0 radical (unpaired) electrons. The van der Waals surface area contributed by atoms with Gasteiger partial charge >= 0.3 is 7.60 Å². The monoisotopic (exact) mass is 311 g/mol. The van der Waals surface area contributed by atoms with E-state index in [0.717, 1.165) is 25.9 Å². The minimum Gasteiger partial charge on any atom is -0.382 e. The fraction of sp³-hybridized carbons (Fsp3) is 1.00. The zero-order valence-electron chi connectivity index (χ0n) is 13.3. The molecular formula is C13H30NO5P. The molecule has 6 nitrogen and oxygen atoms in total. The van der Waals surface area contributed by atoms with E-state index in [0.29, 0.717) is 19.5 Å². The highest BCUT2D eigenvalue weighted by atomic mass is 31.2. The molecular weight excluding hydrogens is 281 g/mol. The summed E-state index contributed by atoms with van der Waals surface area (Å²) < 4.78 is 33.5. The molecule has 0 amide bonds. The first-order valence-electron chi connectivity index (χ1n) is 7.20. The molecule has 20 heavy (non-hydrogen) atoms. The van der Waals surface area contributed by atoms with Crippen molar-refractivity contribution in [2.45, 2.75) is 26.7 Å². The van der Waals surface area contributed by atoms with Crippen LogP contribution in [0.1, 0.15) is 26.7 Å². The van der Waals surface area contributed by atoms with Crippen LogP contribution in [0.15, 0.2) is 0 Å². The smallest absolute Gasteiger partial charge is 0.344 e. The molecule has 0 fully saturated rings. The topological polar surface area (TPSA) is 57.2 Å². The van der Waals surface area contributed by atoms with Crippen molar-refractivity contribution in [2.75, 3.05) is 60.0 Å². The molecule has 0 aliphatic carbocycles. The third-order valence-electron chi connectivity index (χ3n) is 2.60. The Balaban J connectivity index is 4.48. The van der Waals surface area contributed by atoms with Gasteiger partial charge in [-0.15, -0.1) is 0 Å². The van der Waals surface area contributed by atoms with E-state index in [-0.39, 0.29) is 13.2 Å². The number of methoxy groups -OCH3 is 2. The van der Waals surface area contributed by atoms with Crippen molar-refractivity contribution in [1.29, 1.82) is 0 Å². The van der Waals surface area contributed by atoms with Crippen molar-refractivity contribution in [3.05, 3.63) is 0 Å². The Hall–Kier alpha value is 0.0300. The maximum atomic E-state index is 12.7. The summed E-state index contributed by atoms with van der Waals surface area (Å²) in [5.74, 6) is 0. The molecule has 0 aliphatic rings. The Morgan fingerprint density at radius 3 is 1.65 bits per heavy atom. The van der Waals surface area contributed by atoms with E-state index in [4.69, 9.17) is 18.5 Å². The molecule has 0 rings (SSSR count). The average Bonchev–Trinajstić information content (AvgIpc) is 2.40. The van der Waals surface area contributed by atoms with E-state index in [9.17, 15) is 4.57 Å². The third-order valence-corrected chi connectivity index (χ3v) is 4.50. The van der Waals surface area contributed by atoms with Crippen LogP contribution in [0.5, 0.6) is 0 Å². The summed E-state index contributed by atoms with van der Waals surface area (Å²) in [5.41, 5.74) is 0. The molecule has 0 unspecified atom stereocenters. The van der Waals surface area contributed by atoms with Crippen LogP contribution < -0.4 is 0 Å². The van der Waals surface area contributed by atoms with E-state index >= 15 is 0 Å². The zero-order valence-corrected chi connectivity index (χ0v) is 14.2. The van der Waals surface area contributed by atoms with Gasteiger partial charge < -0.3 is 18.5 Å². The van der Waals surface area contributed by atoms with Gasteiger partial charge in [0.2, 0.25) is 0 Å². The SMILES string of the molecule is CCCN(CCC)CP(=O)(OCCOC)OCCOC. The van der Waals surface area contributed by atoms with E-state index in [1.54, 1.807) is 14.2 Å². The van der Waals surface area contributed by atoms with Crippen molar-refractivity contribution >= 4 is 7.60 Å². The quantitative estimate of drug-likeness (QED) is 0.363. The lowest BCUT2D eigenvalue weighted by Gasteiger charge is -2.26. The minimum absolute atomic E-state index is 0.271. The first kappa shape index (κ1) is 20.0. The molecule has 0 saturated heterocycles. The van der Waals surface area contributed by atoms with Crippen LogP contribution in [0.25, 0.3) is 0 Å². The van der Waals surface area contributed by atoms with Crippen LogP contribution >= 0.6 is 7.60 Å². The molecule has 0 heterocycles. The number of nitrogens with zero attached hydrogens (tertiary/aromatic N) is 1. The van der Waals surface area contributed by atoms with E-state index in [1.165, 1.54) is 0 Å². The zero-order chi connectivity index (χ0) is 15.3. The minimum atomic E-state index is -3.13. The summed E-state index contributed by atoms with van der Waals surface area (Å²) in [6, 6.07) is 0. The number of hydrogen-bond donors (Lipinski definition) is 0. The summed E-state index contributed by atoms with van der Waals surface area (Å²) >= 11 is 0. The molecule has 0 aromatic rings. The molecule has 0 saturated carbocycles. The van der Waals surface area contributed by atoms with Crippen LogP contribution in [0.2, 0.25) is 0 Å².